The van der Waals surface area contributed by atoms with E-state index in [0.717, 1.165) is 5.56 Å². The van der Waals surface area contributed by atoms with E-state index < -0.39 is 0 Å². The molecule has 1 heterocycles. The molecule has 1 amide bonds. The lowest BCUT2D eigenvalue weighted by molar-refractivity contribution is -0.113. The van der Waals surface area contributed by atoms with Crippen molar-refractivity contribution in [2.75, 3.05) is 25.7 Å². The lowest BCUT2D eigenvalue weighted by Crippen LogP contribution is -2.27. The molecule has 1 fully saturated rings. The largest absolute Gasteiger partial charge is 0.495 e. The first-order chi connectivity index (χ1) is 14.3. The van der Waals surface area contributed by atoms with Crippen molar-refractivity contribution in [2.24, 2.45) is 5.92 Å². The minimum Gasteiger partial charge on any atom is -0.495 e. The van der Waals surface area contributed by atoms with Crippen LogP contribution in [0.3, 0.4) is 0 Å². The molecular weight excluding hydrogens is 442 g/mol. The third-order valence-electron chi connectivity index (χ3n) is 4.24. The second-order valence-corrected chi connectivity index (χ2v) is 9.03. The van der Waals surface area contributed by atoms with Crippen LogP contribution in [-0.4, -0.2) is 31.1 Å². The number of thioether (sulfide) groups is 1. The second-order valence-electron chi connectivity index (χ2n) is 6.95. The predicted molar refractivity (Wildman–Crippen MR) is 127 cm³/mol. The molecule has 0 spiro atoms. The Hall–Kier alpha value is -2.22. The maximum absolute atomic E-state index is 13.0. The standard InChI is InChI=1S/C22H22ClNO4S2/c1-13(2)12-28-18-7-5-14(9-19(18)27-4)10-20-21(25)24(22(29)30-20)15-6-8-17(26-3)16(23)11-15/h5-11,13H,12H2,1-4H3/b20-10-. The lowest BCUT2D eigenvalue weighted by Gasteiger charge is -2.15. The molecule has 5 nitrogen and oxygen atoms in total. The number of hydrogen-bond donors (Lipinski definition) is 0. The number of carbonyl (C=O) groups excluding carboxylic acids is 1. The third-order valence-corrected chi connectivity index (χ3v) is 5.84. The molecule has 158 valence electrons. The van der Waals surface area contributed by atoms with Crippen molar-refractivity contribution in [3.8, 4) is 17.2 Å². The Bertz CT molecular complexity index is 1010. The third kappa shape index (κ3) is 4.91. The van der Waals surface area contributed by atoms with Gasteiger partial charge in [-0.3, -0.25) is 9.69 Å². The van der Waals surface area contributed by atoms with Crippen LogP contribution in [0.15, 0.2) is 41.3 Å². The number of thiocarbonyl (C=S) groups is 1. The molecule has 0 N–H and O–H groups in total. The summed E-state index contributed by atoms with van der Waals surface area (Å²) in [5.74, 6) is 2.02. The molecule has 1 aliphatic heterocycles. The molecule has 0 radical (unpaired) electrons. The minimum atomic E-state index is -0.203. The van der Waals surface area contributed by atoms with Crippen molar-refractivity contribution in [3.63, 3.8) is 0 Å². The Balaban J connectivity index is 1.85. The zero-order valence-corrected chi connectivity index (χ0v) is 19.5. The number of anilines is 1. The molecule has 0 aromatic heterocycles. The van der Waals surface area contributed by atoms with E-state index in [4.69, 9.17) is 38.0 Å². The highest BCUT2D eigenvalue weighted by molar-refractivity contribution is 8.27. The molecule has 1 saturated heterocycles. The summed E-state index contributed by atoms with van der Waals surface area (Å²) in [4.78, 5) is 15.0. The van der Waals surface area contributed by atoms with Gasteiger partial charge >= 0.3 is 0 Å². The molecule has 3 rings (SSSR count). The summed E-state index contributed by atoms with van der Waals surface area (Å²) in [5.41, 5.74) is 1.42. The maximum Gasteiger partial charge on any atom is 0.270 e. The van der Waals surface area contributed by atoms with Crippen LogP contribution in [0.5, 0.6) is 17.2 Å². The fraction of sp³-hybridized carbons (Fsp3) is 0.273. The Kier molecular flexibility index (Phi) is 7.28. The maximum atomic E-state index is 13.0. The van der Waals surface area contributed by atoms with E-state index in [1.54, 1.807) is 31.4 Å². The van der Waals surface area contributed by atoms with Gasteiger partial charge in [0.2, 0.25) is 0 Å². The number of carbonyl (C=O) groups is 1. The molecule has 1 aliphatic rings. The fourth-order valence-corrected chi connectivity index (χ4v) is 4.34. The quantitative estimate of drug-likeness (QED) is 0.382. The summed E-state index contributed by atoms with van der Waals surface area (Å²) < 4.78 is 16.8. The van der Waals surface area contributed by atoms with E-state index in [2.05, 4.69) is 13.8 Å². The van der Waals surface area contributed by atoms with Crippen molar-refractivity contribution in [3.05, 3.63) is 51.9 Å². The number of methoxy groups -OCH3 is 2. The Morgan fingerprint density at radius 1 is 1.10 bits per heavy atom. The average Bonchev–Trinajstić information content (AvgIpc) is 2.99. The van der Waals surface area contributed by atoms with Gasteiger partial charge in [-0.15, -0.1) is 0 Å². The van der Waals surface area contributed by atoms with Crippen LogP contribution in [0.1, 0.15) is 19.4 Å². The topological polar surface area (TPSA) is 48.0 Å². The number of hydrogen-bond acceptors (Lipinski definition) is 6. The molecular formula is C22H22ClNO4S2. The van der Waals surface area contributed by atoms with E-state index in [1.807, 2.05) is 18.2 Å². The molecule has 0 aliphatic carbocycles. The first-order valence-electron chi connectivity index (χ1n) is 9.26. The average molecular weight is 464 g/mol. The van der Waals surface area contributed by atoms with Crippen LogP contribution in [0.4, 0.5) is 5.69 Å². The van der Waals surface area contributed by atoms with Crippen LogP contribution in [-0.2, 0) is 4.79 Å². The SMILES string of the molecule is COc1ccc(N2C(=O)/C(=C/c3ccc(OCC(C)C)c(OC)c3)SC2=S)cc1Cl. The van der Waals surface area contributed by atoms with Crippen molar-refractivity contribution in [1.29, 1.82) is 0 Å². The minimum absolute atomic E-state index is 0.203. The van der Waals surface area contributed by atoms with Crippen molar-refractivity contribution >= 4 is 57.6 Å². The summed E-state index contributed by atoms with van der Waals surface area (Å²) in [6, 6.07) is 10.7. The fourth-order valence-electron chi connectivity index (χ4n) is 2.79. The van der Waals surface area contributed by atoms with Gasteiger partial charge in [0, 0.05) is 0 Å². The Labute approximate surface area is 190 Å². The number of rotatable bonds is 7. The van der Waals surface area contributed by atoms with Gasteiger partial charge in [-0.2, -0.15) is 0 Å². The van der Waals surface area contributed by atoms with Gasteiger partial charge in [0.1, 0.15) is 5.75 Å². The van der Waals surface area contributed by atoms with E-state index in [9.17, 15) is 4.79 Å². The molecule has 0 unspecified atom stereocenters. The number of halogens is 1. The molecule has 0 atom stereocenters. The molecule has 2 aromatic carbocycles. The van der Waals surface area contributed by atoms with Crippen LogP contribution >= 0.6 is 35.6 Å². The highest BCUT2D eigenvalue weighted by atomic mass is 35.5. The summed E-state index contributed by atoms with van der Waals surface area (Å²) >= 11 is 12.9. The highest BCUT2D eigenvalue weighted by Gasteiger charge is 2.33. The zero-order chi connectivity index (χ0) is 21.8. The first kappa shape index (κ1) is 22.5. The molecule has 8 heteroatoms. The Morgan fingerprint density at radius 3 is 2.43 bits per heavy atom. The number of nitrogens with zero attached hydrogens (tertiary/aromatic N) is 1. The summed E-state index contributed by atoms with van der Waals surface area (Å²) in [5, 5.41) is 0.412. The van der Waals surface area contributed by atoms with Crippen molar-refractivity contribution in [2.45, 2.75) is 13.8 Å². The molecule has 30 heavy (non-hydrogen) atoms. The summed E-state index contributed by atoms with van der Waals surface area (Å²) in [6.45, 7) is 4.76. The Morgan fingerprint density at radius 2 is 1.80 bits per heavy atom. The van der Waals surface area contributed by atoms with Crippen LogP contribution in [0.2, 0.25) is 5.02 Å². The zero-order valence-electron chi connectivity index (χ0n) is 17.1. The van der Waals surface area contributed by atoms with Gasteiger partial charge in [-0.05, 0) is 47.9 Å². The predicted octanol–water partition coefficient (Wildman–Crippen LogP) is 5.80. The monoisotopic (exact) mass is 463 g/mol. The normalized spacial score (nSPS) is 15.3. The van der Waals surface area contributed by atoms with Gasteiger partial charge in [-0.25, -0.2) is 0 Å². The van der Waals surface area contributed by atoms with Crippen LogP contribution < -0.4 is 19.1 Å². The smallest absolute Gasteiger partial charge is 0.270 e. The van der Waals surface area contributed by atoms with E-state index in [0.29, 0.717) is 49.7 Å². The molecule has 2 aromatic rings. The highest BCUT2D eigenvalue weighted by Crippen LogP contribution is 2.39. The van der Waals surface area contributed by atoms with Gasteiger partial charge in [0.25, 0.3) is 5.91 Å². The van der Waals surface area contributed by atoms with Crippen molar-refractivity contribution in [1.82, 2.24) is 0 Å². The second kappa shape index (κ2) is 9.73. The summed E-state index contributed by atoms with van der Waals surface area (Å²) in [7, 11) is 3.13. The van der Waals surface area contributed by atoms with E-state index in [1.165, 1.54) is 23.8 Å². The van der Waals surface area contributed by atoms with Gasteiger partial charge < -0.3 is 14.2 Å². The van der Waals surface area contributed by atoms with E-state index >= 15 is 0 Å². The van der Waals surface area contributed by atoms with Crippen LogP contribution in [0.25, 0.3) is 6.08 Å². The summed E-state index contributed by atoms with van der Waals surface area (Å²) in [6.07, 6.45) is 1.79. The lowest BCUT2D eigenvalue weighted by atomic mass is 10.1. The number of amides is 1. The van der Waals surface area contributed by atoms with Crippen molar-refractivity contribution < 1.29 is 19.0 Å². The van der Waals surface area contributed by atoms with E-state index in [-0.39, 0.29) is 5.91 Å². The number of benzene rings is 2. The molecule has 0 saturated carbocycles. The van der Waals surface area contributed by atoms with Crippen LogP contribution in [0, 0.1) is 5.92 Å². The van der Waals surface area contributed by atoms with Gasteiger partial charge in [0.05, 0.1) is 36.4 Å². The van der Waals surface area contributed by atoms with Gasteiger partial charge in [0.15, 0.2) is 15.8 Å². The number of ether oxygens (including phenoxy) is 3. The molecule has 0 bridgehead atoms. The van der Waals surface area contributed by atoms with Gasteiger partial charge in [-0.1, -0.05) is 55.5 Å². The first-order valence-corrected chi connectivity index (χ1v) is 10.9.